The summed E-state index contributed by atoms with van der Waals surface area (Å²) in [6.07, 6.45) is 0. The Morgan fingerprint density at radius 3 is 2.42 bits per heavy atom. The van der Waals surface area contributed by atoms with Crippen LogP contribution < -0.4 is 10.1 Å². The third kappa shape index (κ3) is 4.13. The Kier molecular flexibility index (Phi) is 5.57. The minimum atomic E-state index is -0.562. The molecule has 1 aromatic heterocycles. The maximum atomic E-state index is 12.0. The van der Waals surface area contributed by atoms with Gasteiger partial charge in [-0.05, 0) is 45.0 Å². The molecule has 0 aliphatic carbocycles. The number of ether oxygens (including phenoxy) is 2. The summed E-state index contributed by atoms with van der Waals surface area (Å²) >= 11 is 0. The summed E-state index contributed by atoms with van der Waals surface area (Å²) in [5, 5.41) is 6.92. The normalized spacial score (nSPS) is 10.3. The number of carbonyl (C=O) groups excluding carboxylic acids is 2. The molecule has 2 aromatic rings. The highest BCUT2D eigenvalue weighted by Crippen LogP contribution is 2.18. The Hall–Kier alpha value is -2.83. The van der Waals surface area contributed by atoms with Gasteiger partial charge in [-0.25, -0.2) is 4.79 Å². The zero-order valence-electron chi connectivity index (χ0n) is 14.3. The van der Waals surface area contributed by atoms with E-state index in [1.54, 1.807) is 42.9 Å². The quantitative estimate of drug-likeness (QED) is 0.821. The number of nitrogens with zero attached hydrogens (tertiary/aromatic N) is 2. The van der Waals surface area contributed by atoms with Gasteiger partial charge in [0.25, 0.3) is 5.91 Å². The van der Waals surface area contributed by atoms with E-state index in [-0.39, 0.29) is 6.61 Å². The minimum absolute atomic E-state index is 0.361. The van der Waals surface area contributed by atoms with Gasteiger partial charge >= 0.3 is 5.97 Å². The van der Waals surface area contributed by atoms with Crippen LogP contribution in [0.2, 0.25) is 0 Å². The summed E-state index contributed by atoms with van der Waals surface area (Å²) in [5.41, 5.74) is 2.54. The van der Waals surface area contributed by atoms with Gasteiger partial charge in [0.1, 0.15) is 5.75 Å². The van der Waals surface area contributed by atoms with E-state index >= 15 is 0 Å². The van der Waals surface area contributed by atoms with E-state index in [1.807, 2.05) is 13.8 Å². The Bertz CT molecular complexity index is 735. The average molecular weight is 331 g/mol. The van der Waals surface area contributed by atoms with Crippen molar-refractivity contribution in [3.63, 3.8) is 0 Å². The predicted molar refractivity (Wildman–Crippen MR) is 89.2 cm³/mol. The first-order valence-electron chi connectivity index (χ1n) is 7.62. The van der Waals surface area contributed by atoms with Crippen LogP contribution in [-0.4, -0.2) is 34.9 Å². The lowest BCUT2D eigenvalue weighted by Crippen LogP contribution is -2.21. The van der Waals surface area contributed by atoms with Crippen LogP contribution in [0.15, 0.2) is 24.3 Å². The smallest absolute Gasteiger partial charge is 0.338 e. The summed E-state index contributed by atoms with van der Waals surface area (Å²) in [6.45, 7) is 5.72. The zero-order valence-corrected chi connectivity index (χ0v) is 14.3. The van der Waals surface area contributed by atoms with Gasteiger partial charge in [-0.1, -0.05) is 0 Å². The van der Waals surface area contributed by atoms with Gasteiger partial charge in [-0.15, -0.1) is 0 Å². The number of hydrogen-bond donors (Lipinski definition) is 1. The number of aryl methyl sites for hydroxylation is 2. The fourth-order valence-electron chi connectivity index (χ4n) is 2.20. The van der Waals surface area contributed by atoms with Crippen molar-refractivity contribution < 1.29 is 19.1 Å². The average Bonchev–Trinajstić information content (AvgIpc) is 2.80. The van der Waals surface area contributed by atoms with Crippen LogP contribution in [0.5, 0.6) is 5.75 Å². The lowest BCUT2D eigenvalue weighted by Gasteiger charge is -2.08. The molecule has 0 aliphatic rings. The first-order valence-corrected chi connectivity index (χ1v) is 7.62. The van der Waals surface area contributed by atoms with Crippen LogP contribution in [-0.2, 0) is 16.6 Å². The molecule has 7 heteroatoms. The zero-order chi connectivity index (χ0) is 17.7. The first kappa shape index (κ1) is 17.5. The first-order chi connectivity index (χ1) is 11.4. The van der Waals surface area contributed by atoms with Crippen LogP contribution >= 0.6 is 0 Å². The van der Waals surface area contributed by atoms with Crippen LogP contribution in [0.4, 0.5) is 5.69 Å². The summed E-state index contributed by atoms with van der Waals surface area (Å²) in [6, 6.07) is 6.56. The molecule has 0 bridgehead atoms. The molecule has 2 rings (SSSR count). The third-order valence-corrected chi connectivity index (χ3v) is 3.51. The predicted octanol–water partition coefficient (Wildman–Crippen LogP) is 2.23. The number of carbonyl (C=O) groups is 2. The maximum Gasteiger partial charge on any atom is 0.338 e. The Morgan fingerprint density at radius 1 is 1.21 bits per heavy atom. The van der Waals surface area contributed by atoms with Crippen LogP contribution in [0.25, 0.3) is 0 Å². The topological polar surface area (TPSA) is 82.4 Å². The van der Waals surface area contributed by atoms with Gasteiger partial charge < -0.3 is 14.8 Å². The van der Waals surface area contributed by atoms with Crippen molar-refractivity contribution in [3.05, 3.63) is 41.2 Å². The number of benzene rings is 1. The van der Waals surface area contributed by atoms with Crippen molar-refractivity contribution >= 4 is 17.6 Å². The Balaban J connectivity index is 1.90. The molecular formula is C17H21N3O4. The molecule has 1 aromatic carbocycles. The van der Waals surface area contributed by atoms with E-state index < -0.39 is 11.9 Å². The number of rotatable bonds is 6. The standard InChI is InChI=1S/C17H21N3O4/c1-5-23-14-8-6-13(7-9-14)17(22)24-10-15(21)18-16-11(2)19-20(4)12(16)3/h6-9H,5,10H2,1-4H3,(H,18,21). The van der Waals surface area contributed by atoms with Gasteiger partial charge in [0, 0.05) is 7.05 Å². The molecule has 7 nitrogen and oxygen atoms in total. The summed E-state index contributed by atoms with van der Waals surface area (Å²) in [7, 11) is 1.80. The molecule has 0 atom stereocenters. The third-order valence-electron chi connectivity index (χ3n) is 3.51. The summed E-state index contributed by atoms with van der Waals surface area (Å²) in [4.78, 5) is 23.9. The second kappa shape index (κ2) is 7.63. The number of amides is 1. The highest BCUT2D eigenvalue weighted by atomic mass is 16.5. The minimum Gasteiger partial charge on any atom is -0.494 e. The second-order valence-electron chi connectivity index (χ2n) is 5.25. The van der Waals surface area contributed by atoms with E-state index in [0.29, 0.717) is 29.3 Å². The molecule has 0 saturated carbocycles. The molecule has 1 N–H and O–H groups in total. The molecule has 0 spiro atoms. The monoisotopic (exact) mass is 331 g/mol. The summed E-state index contributed by atoms with van der Waals surface area (Å²) < 4.78 is 12.0. The molecule has 1 amide bonds. The number of nitrogens with one attached hydrogen (secondary N) is 1. The molecule has 128 valence electrons. The molecule has 0 aliphatic heterocycles. The van der Waals surface area contributed by atoms with Gasteiger partial charge in [0.2, 0.25) is 0 Å². The number of anilines is 1. The molecule has 0 fully saturated rings. The number of aromatic nitrogens is 2. The van der Waals surface area contributed by atoms with Crippen molar-refractivity contribution in [2.75, 3.05) is 18.5 Å². The van der Waals surface area contributed by atoms with Gasteiger partial charge in [-0.2, -0.15) is 5.10 Å². The molecule has 24 heavy (non-hydrogen) atoms. The second-order valence-corrected chi connectivity index (χ2v) is 5.25. The fourth-order valence-corrected chi connectivity index (χ4v) is 2.20. The lowest BCUT2D eigenvalue weighted by molar-refractivity contribution is -0.119. The van der Waals surface area contributed by atoms with Gasteiger partial charge in [0.05, 0.1) is 29.2 Å². The van der Waals surface area contributed by atoms with Crippen LogP contribution in [0, 0.1) is 13.8 Å². The van der Waals surface area contributed by atoms with E-state index in [1.165, 1.54) is 0 Å². The van der Waals surface area contributed by atoms with Gasteiger partial charge in [-0.3, -0.25) is 9.48 Å². The van der Waals surface area contributed by atoms with Crippen LogP contribution in [0.3, 0.4) is 0 Å². The molecular weight excluding hydrogens is 310 g/mol. The highest BCUT2D eigenvalue weighted by Gasteiger charge is 2.14. The molecule has 1 heterocycles. The van der Waals surface area contributed by atoms with Crippen molar-refractivity contribution in [2.45, 2.75) is 20.8 Å². The number of hydrogen-bond acceptors (Lipinski definition) is 5. The van der Waals surface area contributed by atoms with Crippen LogP contribution in [0.1, 0.15) is 28.7 Å². The largest absolute Gasteiger partial charge is 0.494 e. The molecule has 0 unspecified atom stereocenters. The molecule has 0 radical (unpaired) electrons. The molecule has 0 saturated heterocycles. The fraction of sp³-hybridized carbons (Fsp3) is 0.353. The van der Waals surface area contributed by atoms with E-state index in [2.05, 4.69) is 10.4 Å². The van der Waals surface area contributed by atoms with Crippen molar-refractivity contribution in [1.82, 2.24) is 9.78 Å². The van der Waals surface area contributed by atoms with Crippen molar-refractivity contribution in [1.29, 1.82) is 0 Å². The Morgan fingerprint density at radius 2 is 1.88 bits per heavy atom. The SMILES string of the molecule is CCOc1ccc(C(=O)OCC(=O)Nc2c(C)nn(C)c2C)cc1. The number of esters is 1. The lowest BCUT2D eigenvalue weighted by atomic mass is 10.2. The maximum absolute atomic E-state index is 12.0. The van der Waals surface area contributed by atoms with E-state index in [0.717, 1.165) is 5.69 Å². The summed E-state index contributed by atoms with van der Waals surface area (Å²) in [5.74, 6) is -0.296. The van der Waals surface area contributed by atoms with E-state index in [9.17, 15) is 9.59 Å². The van der Waals surface area contributed by atoms with E-state index in [4.69, 9.17) is 9.47 Å². The van der Waals surface area contributed by atoms with Gasteiger partial charge in [0.15, 0.2) is 6.61 Å². The van der Waals surface area contributed by atoms with Crippen molar-refractivity contribution in [3.8, 4) is 5.75 Å². The highest BCUT2D eigenvalue weighted by molar-refractivity contribution is 5.96. The Labute approximate surface area is 140 Å². The van der Waals surface area contributed by atoms with Crippen molar-refractivity contribution in [2.24, 2.45) is 7.05 Å².